The summed E-state index contributed by atoms with van der Waals surface area (Å²) in [5, 5.41) is 3.34. The van der Waals surface area contributed by atoms with Crippen LogP contribution in [0.15, 0.2) is 30.3 Å². The van der Waals surface area contributed by atoms with Crippen LogP contribution in [0.1, 0.15) is 18.9 Å². The molecule has 0 heterocycles. The second-order valence-electron chi connectivity index (χ2n) is 4.22. The number of rotatable bonds is 11. The van der Waals surface area contributed by atoms with Crippen molar-refractivity contribution in [2.75, 3.05) is 20.5 Å². The number of thioether (sulfide) groups is 1. The third-order valence-corrected chi connectivity index (χ3v) is 7.32. The second-order valence-corrected chi connectivity index (χ2v) is 9.65. The van der Waals surface area contributed by atoms with E-state index in [4.69, 9.17) is 0 Å². The predicted molar refractivity (Wildman–Crippen MR) is 80.5 cm³/mol. The van der Waals surface area contributed by atoms with E-state index in [-0.39, 0.29) is 6.04 Å². The van der Waals surface area contributed by atoms with Crippen molar-refractivity contribution in [3.05, 3.63) is 35.9 Å². The van der Waals surface area contributed by atoms with Gasteiger partial charge in [-0.1, -0.05) is 0 Å². The fourth-order valence-corrected chi connectivity index (χ4v) is 5.50. The standard InChI is InChI=1S/C15H23INOS/c1-2-16-13-19-12-15(11-18)17-10-6-9-14-7-4-3-5-8-14/h3-5,7-8,11,15,17H,2,6,9-10,12-13H2,1H3/q-1. The molecule has 0 saturated heterocycles. The molecule has 2 nitrogen and oxygen atoms in total. The van der Waals surface area contributed by atoms with Gasteiger partial charge in [-0.3, -0.25) is 0 Å². The average Bonchev–Trinajstić information content (AvgIpc) is 2.46. The van der Waals surface area contributed by atoms with Crippen molar-refractivity contribution in [1.82, 2.24) is 5.32 Å². The van der Waals surface area contributed by atoms with Crippen molar-refractivity contribution in [2.45, 2.75) is 25.8 Å². The van der Waals surface area contributed by atoms with Crippen LogP contribution >= 0.6 is 11.8 Å². The van der Waals surface area contributed by atoms with Gasteiger partial charge >= 0.3 is 132 Å². The Kier molecular flexibility index (Phi) is 10.5. The molecular formula is C15H23INOS-. The third kappa shape index (κ3) is 8.65. The van der Waals surface area contributed by atoms with Crippen LogP contribution in [0.25, 0.3) is 0 Å². The number of aldehydes is 1. The summed E-state index contributed by atoms with van der Waals surface area (Å²) in [6.07, 6.45) is 3.22. The first-order valence-electron chi connectivity index (χ1n) is 6.70. The number of hydrogen-bond donors (Lipinski definition) is 1. The van der Waals surface area contributed by atoms with E-state index in [9.17, 15) is 4.79 Å². The normalized spacial score (nSPS) is 12.5. The fourth-order valence-electron chi connectivity index (χ4n) is 1.67. The maximum atomic E-state index is 11.0. The number of aryl methyl sites for hydroxylation is 1. The van der Waals surface area contributed by atoms with Gasteiger partial charge in [0, 0.05) is 0 Å². The van der Waals surface area contributed by atoms with E-state index in [2.05, 4.69) is 36.5 Å². The van der Waals surface area contributed by atoms with Crippen LogP contribution < -0.4 is 26.5 Å². The molecule has 1 aromatic carbocycles. The first-order valence-corrected chi connectivity index (χ1v) is 10.9. The topological polar surface area (TPSA) is 29.1 Å². The Morgan fingerprint density at radius 1 is 1.37 bits per heavy atom. The van der Waals surface area contributed by atoms with E-state index in [1.165, 1.54) is 13.8 Å². The maximum absolute atomic E-state index is 11.0. The predicted octanol–water partition coefficient (Wildman–Crippen LogP) is -0.424. The van der Waals surface area contributed by atoms with Crippen LogP contribution in [-0.4, -0.2) is 32.8 Å². The molecule has 108 valence electrons. The molecule has 0 radical (unpaired) electrons. The monoisotopic (exact) mass is 392 g/mol. The summed E-state index contributed by atoms with van der Waals surface area (Å²) in [6.45, 7) is 3.16. The zero-order valence-corrected chi connectivity index (χ0v) is 14.5. The van der Waals surface area contributed by atoms with Crippen molar-refractivity contribution >= 4 is 18.0 Å². The Bertz CT molecular complexity index is 334. The van der Waals surface area contributed by atoms with E-state index in [0.29, 0.717) is 21.2 Å². The second kappa shape index (κ2) is 11.7. The first kappa shape index (κ1) is 17.0. The summed E-state index contributed by atoms with van der Waals surface area (Å²) in [6, 6.07) is 10.5. The van der Waals surface area contributed by atoms with Gasteiger partial charge in [-0.25, -0.2) is 0 Å². The Morgan fingerprint density at radius 2 is 2.16 bits per heavy atom. The Morgan fingerprint density at radius 3 is 2.84 bits per heavy atom. The SMILES string of the molecule is CC[I-]CSCC(C=O)NCCCc1ccccc1. The molecule has 0 aliphatic heterocycles. The van der Waals surface area contributed by atoms with E-state index in [0.717, 1.165) is 31.4 Å². The summed E-state index contributed by atoms with van der Waals surface area (Å²) in [7, 11) is 0. The van der Waals surface area contributed by atoms with Crippen LogP contribution in [0.4, 0.5) is 0 Å². The Balaban J connectivity index is 2.07. The summed E-state index contributed by atoms with van der Waals surface area (Å²) < 4.78 is 2.60. The number of carbonyl (C=O) groups is 1. The van der Waals surface area contributed by atoms with Gasteiger partial charge in [-0.05, 0) is 0 Å². The van der Waals surface area contributed by atoms with Gasteiger partial charge in [-0.15, -0.1) is 0 Å². The fraction of sp³-hybridized carbons (Fsp3) is 0.533. The molecule has 0 bridgehead atoms. The number of alkyl halides is 2. The molecule has 1 N–H and O–H groups in total. The van der Waals surface area contributed by atoms with Gasteiger partial charge < -0.3 is 0 Å². The van der Waals surface area contributed by atoms with E-state index in [1.54, 1.807) is 0 Å². The van der Waals surface area contributed by atoms with Crippen molar-refractivity contribution in [3.8, 4) is 0 Å². The molecular weight excluding hydrogens is 369 g/mol. The molecule has 0 fully saturated rings. The Hall–Kier alpha value is -0.0700. The zero-order chi connectivity index (χ0) is 13.8. The van der Waals surface area contributed by atoms with Gasteiger partial charge in [0.25, 0.3) is 0 Å². The molecule has 0 spiro atoms. The van der Waals surface area contributed by atoms with Crippen LogP contribution in [0, 0.1) is 0 Å². The summed E-state index contributed by atoms with van der Waals surface area (Å²) in [4.78, 5) is 11.0. The summed E-state index contributed by atoms with van der Waals surface area (Å²) >= 11 is 2.28. The molecule has 1 atom stereocenters. The van der Waals surface area contributed by atoms with Crippen molar-refractivity contribution in [1.29, 1.82) is 0 Å². The van der Waals surface area contributed by atoms with Gasteiger partial charge in [0.2, 0.25) is 0 Å². The summed E-state index contributed by atoms with van der Waals surface area (Å²) in [5.74, 6) is 0.925. The van der Waals surface area contributed by atoms with Crippen molar-refractivity contribution in [3.63, 3.8) is 0 Å². The van der Waals surface area contributed by atoms with Gasteiger partial charge in [-0.2, -0.15) is 0 Å². The van der Waals surface area contributed by atoms with Gasteiger partial charge in [0.05, 0.1) is 0 Å². The quantitative estimate of drug-likeness (QED) is 0.240. The minimum absolute atomic E-state index is 0.0293. The molecule has 0 aliphatic rings. The van der Waals surface area contributed by atoms with Crippen LogP contribution in [0.3, 0.4) is 0 Å². The number of nitrogens with one attached hydrogen (secondary N) is 1. The van der Waals surface area contributed by atoms with Crippen molar-refractivity contribution in [2.24, 2.45) is 0 Å². The molecule has 0 saturated carbocycles. The molecule has 4 heteroatoms. The third-order valence-electron chi connectivity index (χ3n) is 2.70. The number of carbonyl (C=O) groups excluding carboxylic acids is 1. The molecule has 1 aromatic rings. The molecule has 0 aliphatic carbocycles. The van der Waals surface area contributed by atoms with Crippen molar-refractivity contribution < 1.29 is 26.0 Å². The molecule has 0 amide bonds. The van der Waals surface area contributed by atoms with Gasteiger partial charge in [0.1, 0.15) is 0 Å². The van der Waals surface area contributed by atoms with Crippen LogP contribution in [0.5, 0.6) is 0 Å². The zero-order valence-electron chi connectivity index (χ0n) is 11.5. The number of halogens is 1. The van der Waals surface area contributed by atoms with Gasteiger partial charge in [0.15, 0.2) is 0 Å². The minimum atomic E-state index is 0.0293. The summed E-state index contributed by atoms with van der Waals surface area (Å²) in [5.41, 5.74) is 1.37. The molecule has 1 rings (SSSR count). The molecule has 0 aromatic heterocycles. The van der Waals surface area contributed by atoms with E-state index < -0.39 is 0 Å². The first-order chi connectivity index (χ1) is 9.36. The molecule has 19 heavy (non-hydrogen) atoms. The number of benzene rings is 1. The van der Waals surface area contributed by atoms with E-state index in [1.807, 2.05) is 17.8 Å². The van der Waals surface area contributed by atoms with Crippen LogP contribution in [0.2, 0.25) is 0 Å². The molecule has 1 unspecified atom stereocenters. The Labute approximate surface area is 131 Å². The number of hydrogen-bond acceptors (Lipinski definition) is 3. The van der Waals surface area contributed by atoms with Crippen LogP contribution in [-0.2, 0) is 11.2 Å². The van der Waals surface area contributed by atoms with E-state index >= 15 is 0 Å². The average molecular weight is 392 g/mol.